The van der Waals surface area contributed by atoms with Gasteiger partial charge in [-0.05, 0) is 40.5 Å². The maximum atomic E-state index is 8.92. The maximum Gasteiger partial charge on any atom is 0.223 e. The standard InChI is InChI=1S/C12H11BrN2O2/c1-8-14-11(13)6-12(15-8)17-10-4-2-9(7-16)3-5-10/h2-6,16H,7H2,1H3. The minimum Gasteiger partial charge on any atom is -0.439 e. The molecule has 0 bridgehead atoms. The Kier molecular flexibility index (Phi) is 3.71. The van der Waals surface area contributed by atoms with Gasteiger partial charge in [0.1, 0.15) is 16.2 Å². The highest BCUT2D eigenvalue weighted by Crippen LogP contribution is 2.22. The molecular formula is C12H11BrN2O2. The lowest BCUT2D eigenvalue weighted by Gasteiger charge is -2.06. The second-order valence-electron chi connectivity index (χ2n) is 3.48. The minimum absolute atomic E-state index is 0.0262. The topological polar surface area (TPSA) is 55.2 Å². The summed E-state index contributed by atoms with van der Waals surface area (Å²) in [5.41, 5.74) is 0.845. The molecule has 0 saturated heterocycles. The molecule has 0 aliphatic carbocycles. The second-order valence-corrected chi connectivity index (χ2v) is 4.29. The van der Waals surface area contributed by atoms with Crippen LogP contribution in [-0.4, -0.2) is 15.1 Å². The van der Waals surface area contributed by atoms with Gasteiger partial charge in [0.25, 0.3) is 0 Å². The van der Waals surface area contributed by atoms with Crippen LogP contribution in [0.4, 0.5) is 0 Å². The molecule has 1 heterocycles. The fourth-order valence-electron chi connectivity index (χ4n) is 1.34. The summed E-state index contributed by atoms with van der Waals surface area (Å²) in [5, 5.41) is 8.92. The van der Waals surface area contributed by atoms with E-state index in [1.165, 1.54) is 0 Å². The van der Waals surface area contributed by atoms with Crippen LogP contribution in [-0.2, 0) is 6.61 Å². The van der Waals surface area contributed by atoms with Crippen molar-refractivity contribution in [3.63, 3.8) is 0 Å². The lowest BCUT2D eigenvalue weighted by Crippen LogP contribution is -1.93. The van der Waals surface area contributed by atoms with Crippen molar-refractivity contribution in [1.29, 1.82) is 0 Å². The highest BCUT2D eigenvalue weighted by atomic mass is 79.9. The number of halogens is 1. The first kappa shape index (κ1) is 12.0. The Morgan fingerprint density at radius 1 is 1.24 bits per heavy atom. The Morgan fingerprint density at radius 3 is 2.53 bits per heavy atom. The number of aromatic nitrogens is 2. The summed E-state index contributed by atoms with van der Waals surface area (Å²) in [7, 11) is 0. The van der Waals surface area contributed by atoms with Gasteiger partial charge in [-0.25, -0.2) is 4.98 Å². The fourth-order valence-corrected chi connectivity index (χ4v) is 1.79. The Bertz CT molecular complexity index is 494. The zero-order valence-corrected chi connectivity index (χ0v) is 10.8. The predicted octanol–water partition coefficient (Wildman–Crippen LogP) is 2.83. The molecule has 0 spiro atoms. The van der Waals surface area contributed by atoms with Crippen LogP contribution in [0.3, 0.4) is 0 Å². The molecule has 88 valence electrons. The number of aliphatic hydroxyl groups is 1. The van der Waals surface area contributed by atoms with E-state index in [1.807, 2.05) is 0 Å². The molecule has 2 aromatic rings. The average molecular weight is 295 g/mol. The van der Waals surface area contributed by atoms with E-state index in [-0.39, 0.29) is 6.61 Å². The number of aryl methyl sites for hydroxylation is 1. The van der Waals surface area contributed by atoms with Crippen LogP contribution in [0, 0.1) is 6.92 Å². The summed E-state index contributed by atoms with van der Waals surface area (Å²) in [6.07, 6.45) is 0. The van der Waals surface area contributed by atoms with E-state index in [1.54, 1.807) is 37.3 Å². The first-order valence-corrected chi connectivity index (χ1v) is 5.85. The molecule has 0 aliphatic heterocycles. The molecule has 5 heteroatoms. The molecular weight excluding hydrogens is 284 g/mol. The molecule has 0 amide bonds. The fraction of sp³-hybridized carbons (Fsp3) is 0.167. The molecule has 0 radical (unpaired) electrons. The Labute approximate surface area is 107 Å². The molecule has 0 fully saturated rings. The number of hydrogen-bond donors (Lipinski definition) is 1. The molecule has 1 N–H and O–H groups in total. The maximum absolute atomic E-state index is 8.92. The Hall–Kier alpha value is -1.46. The zero-order chi connectivity index (χ0) is 12.3. The highest BCUT2D eigenvalue weighted by molar-refractivity contribution is 9.10. The Morgan fingerprint density at radius 2 is 1.94 bits per heavy atom. The SMILES string of the molecule is Cc1nc(Br)cc(Oc2ccc(CO)cc2)n1. The van der Waals surface area contributed by atoms with E-state index in [0.29, 0.717) is 22.1 Å². The van der Waals surface area contributed by atoms with Crippen LogP contribution in [0.2, 0.25) is 0 Å². The molecule has 0 saturated carbocycles. The number of ether oxygens (including phenoxy) is 1. The quantitative estimate of drug-likeness (QED) is 0.885. The molecule has 17 heavy (non-hydrogen) atoms. The molecule has 1 aromatic heterocycles. The van der Waals surface area contributed by atoms with Crippen LogP contribution in [0.1, 0.15) is 11.4 Å². The van der Waals surface area contributed by atoms with Crippen LogP contribution < -0.4 is 4.74 Å². The van der Waals surface area contributed by atoms with Crippen molar-refractivity contribution in [2.24, 2.45) is 0 Å². The van der Waals surface area contributed by atoms with Gasteiger partial charge in [-0.1, -0.05) is 12.1 Å². The van der Waals surface area contributed by atoms with Crippen molar-refractivity contribution in [3.8, 4) is 11.6 Å². The van der Waals surface area contributed by atoms with Gasteiger partial charge >= 0.3 is 0 Å². The number of nitrogens with zero attached hydrogens (tertiary/aromatic N) is 2. The summed E-state index contributed by atoms with van der Waals surface area (Å²) in [6.45, 7) is 1.82. The van der Waals surface area contributed by atoms with Gasteiger partial charge in [-0.3, -0.25) is 0 Å². The van der Waals surface area contributed by atoms with E-state index in [2.05, 4.69) is 25.9 Å². The van der Waals surface area contributed by atoms with E-state index in [0.717, 1.165) is 5.56 Å². The number of benzene rings is 1. The number of hydrogen-bond acceptors (Lipinski definition) is 4. The zero-order valence-electron chi connectivity index (χ0n) is 9.22. The molecule has 4 nitrogen and oxygen atoms in total. The number of rotatable bonds is 3. The average Bonchev–Trinajstić information content (AvgIpc) is 2.28. The molecule has 0 atom stereocenters. The van der Waals surface area contributed by atoms with Crippen LogP contribution in [0.5, 0.6) is 11.6 Å². The largest absolute Gasteiger partial charge is 0.439 e. The summed E-state index contributed by atoms with van der Waals surface area (Å²) in [6, 6.07) is 8.89. The highest BCUT2D eigenvalue weighted by Gasteiger charge is 2.02. The molecule has 0 unspecified atom stereocenters. The van der Waals surface area contributed by atoms with Gasteiger partial charge in [0.15, 0.2) is 0 Å². The monoisotopic (exact) mass is 294 g/mol. The van der Waals surface area contributed by atoms with Crippen LogP contribution in [0.25, 0.3) is 0 Å². The lowest BCUT2D eigenvalue weighted by atomic mass is 10.2. The van der Waals surface area contributed by atoms with Gasteiger partial charge in [-0.15, -0.1) is 0 Å². The van der Waals surface area contributed by atoms with Crippen molar-refractivity contribution >= 4 is 15.9 Å². The normalized spacial score (nSPS) is 10.3. The summed E-state index contributed by atoms with van der Waals surface area (Å²) < 4.78 is 6.26. The van der Waals surface area contributed by atoms with Crippen molar-refractivity contribution in [2.75, 3.05) is 0 Å². The third kappa shape index (κ3) is 3.25. The summed E-state index contributed by atoms with van der Waals surface area (Å²) in [5.74, 6) is 1.80. The van der Waals surface area contributed by atoms with Gasteiger partial charge < -0.3 is 9.84 Å². The third-order valence-corrected chi connectivity index (χ3v) is 2.52. The van der Waals surface area contributed by atoms with Crippen molar-refractivity contribution < 1.29 is 9.84 Å². The third-order valence-electron chi connectivity index (χ3n) is 2.11. The van der Waals surface area contributed by atoms with E-state index < -0.39 is 0 Å². The molecule has 1 aromatic carbocycles. The first-order valence-electron chi connectivity index (χ1n) is 5.06. The predicted molar refractivity (Wildman–Crippen MR) is 66.9 cm³/mol. The van der Waals surface area contributed by atoms with Gasteiger partial charge in [0.2, 0.25) is 5.88 Å². The van der Waals surface area contributed by atoms with Gasteiger partial charge in [0, 0.05) is 6.07 Å². The lowest BCUT2D eigenvalue weighted by molar-refractivity contribution is 0.281. The van der Waals surface area contributed by atoms with E-state index in [9.17, 15) is 0 Å². The van der Waals surface area contributed by atoms with Crippen LogP contribution in [0.15, 0.2) is 34.9 Å². The summed E-state index contributed by atoms with van der Waals surface area (Å²) in [4.78, 5) is 8.25. The molecule has 0 aliphatic rings. The van der Waals surface area contributed by atoms with E-state index >= 15 is 0 Å². The smallest absolute Gasteiger partial charge is 0.223 e. The minimum atomic E-state index is 0.0262. The Balaban J connectivity index is 2.19. The van der Waals surface area contributed by atoms with Gasteiger partial charge in [-0.2, -0.15) is 4.98 Å². The van der Waals surface area contributed by atoms with Crippen LogP contribution >= 0.6 is 15.9 Å². The van der Waals surface area contributed by atoms with Gasteiger partial charge in [0.05, 0.1) is 6.61 Å². The molecule has 2 rings (SSSR count). The number of aliphatic hydroxyl groups excluding tert-OH is 1. The first-order chi connectivity index (χ1) is 8.17. The van der Waals surface area contributed by atoms with Crippen molar-refractivity contribution in [3.05, 3.63) is 46.3 Å². The van der Waals surface area contributed by atoms with Crippen molar-refractivity contribution in [2.45, 2.75) is 13.5 Å². The second kappa shape index (κ2) is 5.25. The van der Waals surface area contributed by atoms with E-state index in [4.69, 9.17) is 9.84 Å². The summed E-state index contributed by atoms with van der Waals surface area (Å²) >= 11 is 3.28. The van der Waals surface area contributed by atoms with Crippen molar-refractivity contribution in [1.82, 2.24) is 9.97 Å².